The lowest BCUT2D eigenvalue weighted by atomic mass is 9.80. The summed E-state index contributed by atoms with van der Waals surface area (Å²) in [5, 5.41) is 9.23. The van der Waals surface area contributed by atoms with E-state index in [1.807, 2.05) is 19.1 Å². The molecule has 1 heterocycles. The lowest BCUT2D eigenvalue weighted by molar-refractivity contribution is -0.174. The van der Waals surface area contributed by atoms with Gasteiger partial charge >= 0.3 is 5.97 Å². The Bertz CT molecular complexity index is 733. The first-order chi connectivity index (χ1) is 11.3. The molecular weight excluding hydrogens is 312 g/mol. The van der Waals surface area contributed by atoms with E-state index in [1.54, 1.807) is 18.2 Å². The maximum Gasteiger partial charge on any atom is 0.336 e. The summed E-state index contributed by atoms with van der Waals surface area (Å²) in [7, 11) is 0. The van der Waals surface area contributed by atoms with Crippen LogP contribution >= 0.6 is 0 Å². The molecular formula is C18H18O6. The number of hydrogen-bond donors (Lipinski definition) is 1. The van der Waals surface area contributed by atoms with E-state index in [4.69, 9.17) is 9.47 Å². The zero-order valence-electron chi connectivity index (χ0n) is 13.6. The smallest absolute Gasteiger partial charge is 0.336 e. The number of rotatable bonds is 4. The monoisotopic (exact) mass is 330 g/mol. The van der Waals surface area contributed by atoms with Gasteiger partial charge in [-0.05, 0) is 44.6 Å². The van der Waals surface area contributed by atoms with Crippen LogP contribution in [0.15, 0.2) is 59.6 Å². The zero-order chi connectivity index (χ0) is 17.9. The third kappa shape index (κ3) is 3.28. The number of carbonyl (C=O) groups is 3. The Hall–Kier alpha value is -2.73. The Labute approximate surface area is 139 Å². The molecule has 0 amide bonds. The van der Waals surface area contributed by atoms with Gasteiger partial charge in [0.15, 0.2) is 0 Å². The molecule has 6 heteroatoms. The first-order valence-electron chi connectivity index (χ1n) is 7.39. The van der Waals surface area contributed by atoms with Crippen molar-refractivity contribution in [3.8, 4) is 0 Å². The van der Waals surface area contributed by atoms with Crippen LogP contribution in [0.2, 0.25) is 0 Å². The van der Waals surface area contributed by atoms with Crippen molar-refractivity contribution in [3.63, 3.8) is 0 Å². The average molecular weight is 330 g/mol. The topological polar surface area (TPSA) is 89.9 Å². The lowest BCUT2D eigenvalue weighted by Gasteiger charge is -2.31. The maximum absolute atomic E-state index is 12.6. The summed E-state index contributed by atoms with van der Waals surface area (Å²) in [6.45, 7) is 4.27. The van der Waals surface area contributed by atoms with E-state index in [2.05, 4.69) is 0 Å². The molecule has 6 nitrogen and oxygen atoms in total. The molecule has 2 aliphatic rings. The van der Waals surface area contributed by atoms with Crippen molar-refractivity contribution >= 4 is 17.5 Å². The molecule has 0 saturated carbocycles. The van der Waals surface area contributed by atoms with Gasteiger partial charge < -0.3 is 14.6 Å². The molecule has 126 valence electrons. The molecule has 0 unspecified atom stereocenters. The number of esters is 1. The highest BCUT2D eigenvalue weighted by molar-refractivity contribution is 6.26. The second kappa shape index (κ2) is 6.80. The van der Waals surface area contributed by atoms with Gasteiger partial charge in [-0.1, -0.05) is 18.2 Å². The van der Waals surface area contributed by atoms with Crippen LogP contribution < -0.4 is 0 Å². The highest BCUT2D eigenvalue weighted by Crippen LogP contribution is 2.33. The molecule has 2 atom stereocenters. The highest BCUT2D eigenvalue weighted by Gasteiger charge is 2.49. The summed E-state index contributed by atoms with van der Waals surface area (Å²) in [6.07, 6.45) is 9.67. The third-order valence-corrected chi connectivity index (χ3v) is 3.57. The van der Waals surface area contributed by atoms with E-state index in [-0.39, 0.29) is 5.57 Å². The van der Waals surface area contributed by atoms with Gasteiger partial charge in [0.1, 0.15) is 18.1 Å². The lowest BCUT2D eigenvalue weighted by Crippen LogP contribution is -2.51. The summed E-state index contributed by atoms with van der Waals surface area (Å²) < 4.78 is 10.3. The standard InChI is InChI=1S/C18H18O6/c1-4-5-6-7-13-8-12-9-15(20)18(3,24-17(22)11(2)19)16(21)14(12)10-23-13/h4-11,19H,1-3H3/b5-4+,7-6+/t11-,18+/m1/s1. The molecule has 0 fully saturated rings. The number of ether oxygens (including phenoxy) is 2. The predicted octanol–water partition coefficient (Wildman–Crippen LogP) is 1.68. The molecule has 0 aromatic rings. The van der Waals surface area contributed by atoms with Crippen molar-refractivity contribution in [2.45, 2.75) is 32.5 Å². The fourth-order valence-electron chi connectivity index (χ4n) is 2.14. The number of Topliss-reactive ketones (excluding diaryl/α,β-unsaturated/α-hetero) is 1. The molecule has 0 radical (unpaired) electrons. The number of allylic oxidation sites excluding steroid dienone is 6. The van der Waals surface area contributed by atoms with Crippen molar-refractivity contribution in [2.75, 3.05) is 0 Å². The Kier molecular flexibility index (Phi) is 4.99. The second-order valence-electron chi connectivity index (χ2n) is 5.50. The molecule has 1 aliphatic carbocycles. The summed E-state index contributed by atoms with van der Waals surface area (Å²) >= 11 is 0. The van der Waals surface area contributed by atoms with E-state index in [9.17, 15) is 19.5 Å². The molecule has 0 spiro atoms. The molecule has 1 aliphatic heterocycles. The van der Waals surface area contributed by atoms with Gasteiger partial charge in [-0.2, -0.15) is 0 Å². The molecule has 2 rings (SSSR count). The van der Waals surface area contributed by atoms with E-state index >= 15 is 0 Å². The third-order valence-electron chi connectivity index (χ3n) is 3.57. The van der Waals surface area contributed by atoms with Crippen molar-refractivity contribution in [2.24, 2.45) is 0 Å². The zero-order valence-corrected chi connectivity index (χ0v) is 13.6. The van der Waals surface area contributed by atoms with Crippen molar-refractivity contribution in [1.29, 1.82) is 0 Å². The molecule has 0 aromatic heterocycles. The number of fused-ring (bicyclic) bond motifs is 1. The number of hydrogen-bond acceptors (Lipinski definition) is 6. The van der Waals surface area contributed by atoms with Crippen LogP contribution in [0.1, 0.15) is 20.8 Å². The van der Waals surface area contributed by atoms with Gasteiger partial charge in [-0.3, -0.25) is 9.59 Å². The van der Waals surface area contributed by atoms with E-state index in [0.29, 0.717) is 11.3 Å². The van der Waals surface area contributed by atoms with E-state index in [1.165, 1.54) is 26.2 Å². The molecule has 24 heavy (non-hydrogen) atoms. The Balaban J connectivity index is 2.33. The molecule has 0 aromatic carbocycles. The molecule has 0 bridgehead atoms. The largest absolute Gasteiger partial charge is 0.464 e. The van der Waals surface area contributed by atoms with Gasteiger partial charge in [0.25, 0.3) is 0 Å². The second-order valence-corrected chi connectivity index (χ2v) is 5.50. The van der Waals surface area contributed by atoms with Crippen molar-refractivity contribution in [1.82, 2.24) is 0 Å². The van der Waals surface area contributed by atoms with Crippen LogP contribution in [0.3, 0.4) is 0 Å². The van der Waals surface area contributed by atoms with E-state index < -0.39 is 29.2 Å². The highest BCUT2D eigenvalue weighted by atomic mass is 16.6. The Morgan fingerprint density at radius 2 is 2.04 bits per heavy atom. The summed E-state index contributed by atoms with van der Waals surface area (Å²) in [4.78, 5) is 36.5. The van der Waals surface area contributed by atoms with Crippen molar-refractivity contribution in [3.05, 3.63) is 59.6 Å². The Morgan fingerprint density at radius 3 is 2.67 bits per heavy atom. The van der Waals surface area contributed by atoms with Gasteiger partial charge in [0.2, 0.25) is 17.2 Å². The maximum atomic E-state index is 12.6. The average Bonchev–Trinajstić information content (AvgIpc) is 2.53. The van der Waals surface area contributed by atoms with Crippen LogP contribution in [0.25, 0.3) is 0 Å². The normalized spacial score (nSPS) is 24.9. The van der Waals surface area contributed by atoms with E-state index in [0.717, 1.165) is 0 Å². The van der Waals surface area contributed by atoms with Crippen LogP contribution in [0, 0.1) is 0 Å². The fraction of sp³-hybridized carbons (Fsp3) is 0.278. The van der Waals surface area contributed by atoms with Crippen molar-refractivity contribution < 1.29 is 29.0 Å². The van der Waals surface area contributed by atoms with Gasteiger partial charge in [-0.15, -0.1) is 0 Å². The van der Waals surface area contributed by atoms with Gasteiger partial charge in [0.05, 0.1) is 5.57 Å². The summed E-state index contributed by atoms with van der Waals surface area (Å²) in [5.41, 5.74) is -1.47. The molecule has 1 N–H and O–H groups in total. The minimum absolute atomic E-state index is 0.138. The van der Waals surface area contributed by atoms with Gasteiger partial charge in [0, 0.05) is 0 Å². The van der Waals surface area contributed by atoms with Crippen LogP contribution in [-0.4, -0.2) is 34.3 Å². The molecule has 0 saturated heterocycles. The fourth-order valence-corrected chi connectivity index (χ4v) is 2.14. The first-order valence-corrected chi connectivity index (χ1v) is 7.39. The predicted molar refractivity (Wildman–Crippen MR) is 85.5 cm³/mol. The van der Waals surface area contributed by atoms with Gasteiger partial charge in [-0.25, -0.2) is 4.79 Å². The van der Waals surface area contributed by atoms with Crippen LogP contribution in [0.4, 0.5) is 0 Å². The Morgan fingerprint density at radius 1 is 1.33 bits per heavy atom. The SMILES string of the molecule is C/C=C/C=C/C1=CC2=CC(=O)[C@](C)(OC(=O)[C@@H](C)O)C(=O)C2=CO1. The quantitative estimate of drug-likeness (QED) is 0.479. The first kappa shape index (κ1) is 17.6. The minimum atomic E-state index is -2.00. The summed E-state index contributed by atoms with van der Waals surface area (Å²) in [6, 6.07) is 0. The minimum Gasteiger partial charge on any atom is -0.464 e. The number of ketones is 2. The summed E-state index contributed by atoms with van der Waals surface area (Å²) in [5.74, 6) is -1.93. The van der Waals surface area contributed by atoms with Crippen LogP contribution in [-0.2, 0) is 23.9 Å². The number of carbonyl (C=O) groups excluding carboxylic acids is 3. The van der Waals surface area contributed by atoms with Crippen LogP contribution in [0.5, 0.6) is 0 Å². The number of aliphatic hydroxyl groups is 1. The number of aliphatic hydroxyl groups excluding tert-OH is 1.